The molecule has 1 saturated carbocycles. The average molecular weight is 268 g/mol. The zero-order valence-electron chi connectivity index (χ0n) is 9.92. The van der Waals surface area contributed by atoms with Crippen molar-refractivity contribution in [3.8, 4) is 6.07 Å². The number of halogens is 3. The maximum absolute atomic E-state index is 12.8. The number of hydrogen-bond acceptors (Lipinski definition) is 2. The Bertz CT molecular complexity index is 542. The van der Waals surface area contributed by atoms with E-state index in [9.17, 15) is 18.0 Å². The maximum atomic E-state index is 12.8. The van der Waals surface area contributed by atoms with Crippen molar-refractivity contribution in [2.24, 2.45) is 5.41 Å². The van der Waals surface area contributed by atoms with E-state index in [0.29, 0.717) is 12.8 Å². The molecule has 1 aliphatic rings. The summed E-state index contributed by atoms with van der Waals surface area (Å²) in [4.78, 5) is 11.9. The molecule has 0 atom stereocenters. The van der Waals surface area contributed by atoms with Gasteiger partial charge in [0.05, 0.1) is 17.3 Å². The van der Waals surface area contributed by atoms with Crippen molar-refractivity contribution in [2.45, 2.75) is 25.4 Å². The van der Waals surface area contributed by atoms with Crippen molar-refractivity contribution < 1.29 is 18.0 Å². The summed E-state index contributed by atoms with van der Waals surface area (Å²) in [6, 6.07) is 6.64. The van der Waals surface area contributed by atoms with Crippen LogP contribution >= 0.6 is 0 Å². The van der Waals surface area contributed by atoms with Gasteiger partial charge >= 0.3 is 6.18 Å². The maximum Gasteiger partial charge on any atom is 0.418 e. The molecule has 1 aliphatic carbocycles. The van der Waals surface area contributed by atoms with Gasteiger partial charge in [0.2, 0.25) is 5.91 Å². The van der Waals surface area contributed by atoms with Gasteiger partial charge in [0.15, 0.2) is 0 Å². The van der Waals surface area contributed by atoms with E-state index in [1.807, 2.05) is 6.07 Å². The molecule has 1 fully saturated rings. The van der Waals surface area contributed by atoms with Gasteiger partial charge in [0.1, 0.15) is 5.41 Å². The topological polar surface area (TPSA) is 52.9 Å². The van der Waals surface area contributed by atoms with Gasteiger partial charge in [0.25, 0.3) is 0 Å². The van der Waals surface area contributed by atoms with E-state index >= 15 is 0 Å². The quantitative estimate of drug-likeness (QED) is 0.894. The number of nitrogens with zero attached hydrogens (tertiary/aromatic N) is 1. The van der Waals surface area contributed by atoms with E-state index in [2.05, 4.69) is 5.32 Å². The first-order chi connectivity index (χ1) is 8.89. The highest BCUT2D eigenvalue weighted by Crippen LogP contribution is 2.42. The van der Waals surface area contributed by atoms with Crippen LogP contribution in [0, 0.1) is 16.7 Å². The smallest absolute Gasteiger partial charge is 0.324 e. The van der Waals surface area contributed by atoms with Crippen LogP contribution in [0.4, 0.5) is 18.9 Å². The van der Waals surface area contributed by atoms with Crippen LogP contribution in [0.25, 0.3) is 0 Å². The fourth-order valence-corrected chi connectivity index (χ4v) is 2.00. The first-order valence-electron chi connectivity index (χ1n) is 5.78. The van der Waals surface area contributed by atoms with E-state index in [4.69, 9.17) is 5.26 Å². The largest absolute Gasteiger partial charge is 0.418 e. The summed E-state index contributed by atoms with van der Waals surface area (Å²) in [5, 5.41) is 11.2. The molecule has 1 aromatic rings. The molecule has 1 aromatic carbocycles. The normalized spacial score (nSPS) is 17.2. The zero-order valence-corrected chi connectivity index (χ0v) is 9.92. The number of para-hydroxylation sites is 1. The van der Waals surface area contributed by atoms with Crippen molar-refractivity contribution in [1.82, 2.24) is 0 Å². The first kappa shape index (κ1) is 13.4. The minimum atomic E-state index is -4.54. The van der Waals surface area contributed by atoms with Gasteiger partial charge in [-0.15, -0.1) is 0 Å². The van der Waals surface area contributed by atoms with Crippen molar-refractivity contribution in [3.05, 3.63) is 29.8 Å². The molecular formula is C13H11F3N2O. The third-order valence-corrected chi connectivity index (χ3v) is 3.34. The van der Waals surface area contributed by atoms with Gasteiger partial charge in [-0.25, -0.2) is 0 Å². The van der Waals surface area contributed by atoms with E-state index in [1.165, 1.54) is 18.2 Å². The van der Waals surface area contributed by atoms with Gasteiger partial charge in [0, 0.05) is 0 Å². The van der Waals surface area contributed by atoms with Gasteiger partial charge in [-0.05, 0) is 31.4 Å². The Morgan fingerprint density at radius 2 is 1.95 bits per heavy atom. The predicted octanol–water partition coefficient (Wildman–Crippen LogP) is 3.34. The molecule has 0 radical (unpaired) electrons. The van der Waals surface area contributed by atoms with E-state index in [-0.39, 0.29) is 5.69 Å². The molecule has 0 heterocycles. The molecule has 0 saturated heterocycles. The molecule has 0 spiro atoms. The minimum absolute atomic E-state index is 0.304. The van der Waals surface area contributed by atoms with Crippen LogP contribution in [0.2, 0.25) is 0 Å². The van der Waals surface area contributed by atoms with Crippen molar-refractivity contribution in [3.63, 3.8) is 0 Å². The van der Waals surface area contributed by atoms with Crippen LogP contribution < -0.4 is 5.32 Å². The van der Waals surface area contributed by atoms with Crippen LogP contribution in [0.15, 0.2) is 24.3 Å². The summed E-state index contributed by atoms with van der Waals surface area (Å²) in [7, 11) is 0. The lowest BCUT2D eigenvalue weighted by molar-refractivity contribution is -0.137. The average Bonchev–Trinajstić information content (AvgIpc) is 2.27. The first-order valence-corrected chi connectivity index (χ1v) is 5.78. The SMILES string of the molecule is N#CC1(C(=O)Nc2ccccc2C(F)(F)F)CCC1. The zero-order chi connectivity index (χ0) is 14.1. The van der Waals surface area contributed by atoms with Gasteiger partial charge < -0.3 is 5.32 Å². The Hall–Kier alpha value is -2.03. The lowest BCUT2D eigenvalue weighted by Gasteiger charge is -2.33. The molecule has 2 rings (SSSR count). The van der Waals surface area contributed by atoms with Crippen molar-refractivity contribution in [1.29, 1.82) is 5.26 Å². The number of hydrogen-bond donors (Lipinski definition) is 1. The van der Waals surface area contributed by atoms with E-state index in [1.54, 1.807) is 0 Å². The van der Waals surface area contributed by atoms with Crippen LogP contribution in [0.5, 0.6) is 0 Å². The summed E-state index contributed by atoms with van der Waals surface area (Å²) in [6.07, 6.45) is -3.02. The molecule has 100 valence electrons. The number of carbonyl (C=O) groups is 1. The third-order valence-electron chi connectivity index (χ3n) is 3.34. The van der Waals surface area contributed by atoms with Crippen LogP contribution in [-0.4, -0.2) is 5.91 Å². The highest BCUT2D eigenvalue weighted by atomic mass is 19.4. The van der Waals surface area contributed by atoms with E-state index < -0.39 is 23.1 Å². The molecule has 0 aromatic heterocycles. The number of benzene rings is 1. The Morgan fingerprint density at radius 3 is 2.42 bits per heavy atom. The summed E-state index contributed by atoms with van der Waals surface area (Å²) < 4.78 is 38.3. The number of nitrogens with one attached hydrogen (secondary N) is 1. The second-order valence-electron chi connectivity index (χ2n) is 4.54. The Morgan fingerprint density at radius 1 is 1.32 bits per heavy atom. The number of amides is 1. The standard InChI is InChI=1S/C13H11F3N2O/c14-13(15,16)9-4-1-2-5-10(9)18-11(19)12(8-17)6-3-7-12/h1-2,4-5H,3,6-7H2,(H,18,19). The number of anilines is 1. The fourth-order valence-electron chi connectivity index (χ4n) is 2.00. The Labute approximate surface area is 108 Å². The molecular weight excluding hydrogens is 257 g/mol. The summed E-state index contributed by atoms with van der Waals surface area (Å²) in [5.74, 6) is -0.655. The molecule has 1 N–H and O–H groups in total. The Balaban J connectivity index is 2.25. The molecule has 1 amide bonds. The number of nitriles is 1. The molecule has 0 aliphatic heterocycles. The monoisotopic (exact) mass is 268 g/mol. The molecule has 0 unspecified atom stereocenters. The summed E-state index contributed by atoms with van der Waals surface area (Å²) in [5.41, 5.74) is -2.38. The van der Waals surface area contributed by atoms with Gasteiger partial charge in [-0.3, -0.25) is 4.79 Å². The Kier molecular flexibility index (Phi) is 3.23. The molecule has 19 heavy (non-hydrogen) atoms. The summed E-state index contributed by atoms with van der Waals surface area (Å²) in [6.45, 7) is 0. The lowest BCUT2D eigenvalue weighted by atomic mass is 9.69. The molecule has 3 nitrogen and oxygen atoms in total. The van der Waals surface area contributed by atoms with E-state index in [0.717, 1.165) is 12.5 Å². The molecule has 0 bridgehead atoms. The summed E-state index contributed by atoms with van der Waals surface area (Å²) >= 11 is 0. The predicted molar refractivity (Wildman–Crippen MR) is 62.0 cm³/mol. The van der Waals surface area contributed by atoms with Gasteiger partial charge in [-0.2, -0.15) is 18.4 Å². The minimum Gasteiger partial charge on any atom is -0.324 e. The highest BCUT2D eigenvalue weighted by Gasteiger charge is 2.45. The van der Waals surface area contributed by atoms with Crippen molar-refractivity contribution >= 4 is 11.6 Å². The fraction of sp³-hybridized carbons (Fsp3) is 0.385. The lowest BCUT2D eigenvalue weighted by Crippen LogP contribution is -2.41. The number of rotatable bonds is 2. The second kappa shape index (κ2) is 4.57. The second-order valence-corrected chi connectivity index (χ2v) is 4.54. The number of alkyl halides is 3. The highest BCUT2D eigenvalue weighted by molar-refractivity contribution is 5.98. The van der Waals surface area contributed by atoms with Crippen LogP contribution in [0.1, 0.15) is 24.8 Å². The third kappa shape index (κ3) is 2.41. The number of carbonyl (C=O) groups excluding carboxylic acids is 1. The van der Waals surface area contributed by atoms with Gasteiger partial charge in [-0.1, -0.05) is 12.1 Å². The molecule has 6 heteroatoms. The van der Waals surface area contributed by atoms with Crippen molar-refractivity contribution in [2.75, 3.05) is 5.32 Å². The van der Waals surface area contributed by atoms with Crippen LogP contribution in [0.3, 0.4) is 0 Å². The van der Waals surface area contributed by atoms with Crippen LogP contribution in [-0.2, 0) is 11.0 Å².